The maximum Gasteiger partial charge on any atom is 0.407 e. The van der Waals surface area contributed by atoms with Gasteiger partial charge in [-0.05, 0) is 77.1 Å². The summed E-state index contributed by atoms with van der Waals surface area (Å²) < 4.78 is 25.0. The van der Waals surface area contributed by atoms with Crippen molar-refractivity contribution in [1.29, 1.82) is 0 Å². The quantitative estimate of drug-likeness (QED) is 0.151. The Morgan fingerprint density at radius 1 is 1.05 bits per heavy atom. The molecular weight excluding hydrogens is 777 g/mol. The number of nitrogens with one attached hydrogen (secondary N) is 1. The SMILES string of the molecule is CNC(=O)O[C@@H](CC(C)C)c1nc([C@H]2OC(=O)/C(C)=C/C/C(C)=C/[C@@H](O[Si](C)(C)C(C)(C)C)[C@@H](C)\C=C(C)/C=C(C)\C=C\[C@@H](O)[C@H](C)[C@H](OC)/C(C)=C/C=C/[C@@H]2C)cs1. The lowest BCUT2D eigenvalue weighted by Crippen LogP contribution is -2.44. The van der Waals surface area contributed by atoms with Gasteiger partial charge in [-0.2, -0.15) is 0 Å². The molecule has 0 spiro atoms. The molecule has 2 heterocycles. The molecule has 2 N–H and O–H groups in total. The molecule has 0 saturated heterocycles. The zero-order valence-corrected chi connectivity index (χ0v) is 41.0. The fourth-order valence-corrected chi connectivity index (χ4v) is 8.76. The van der Waals surface area contributed by atoms with Crippen molar-refractivity contribution in [2.45, 2.75) is 152 Å². The van der Waals surface area contributed by atoms with Crippen molar-refractivity contribution in [3.05, 3.63) is 98.6 Å². The van der Waals surface area contributed by atoms with Crippen LogP contribution in [0.3, 0.4) is 0 Å². The molecule has 11 heteroatoms. The normalized spacial score (nSPS) is 31.3. The Labute approximate surface area is 362 Å². The third-order valence-corrected chi connectivity index (χ3v) is 16.7. The van der Waals surface area contributed by atoms with Crippen LogP contribution in [-0.4, -0.2) is 62.9 Å². The van der Waals surface area contributed by atoms with E-state index in [0.29, 0.717) is 29.1 Å². The number of cyclic esters (lactones) is 1. The van der Waals surface area contributed by atoms with Crippen molar-refractivity contribution in [1.82, 2.24) is 10.3 Å². The second-order valence-electron chi connectivity index (χ2n) is 18.3. The minimum atomic E-state index is -2.15. The zero-order chi connectivity index (χ0) is 44.8. The first kappa shape index (κ1) is 51.8. The first-order valence-corrected chi connectivity index (χ1v) is 24.9. The Kier molecular flexibility index (Phi) is 20.7. The van der Waals surface area contributed by atoms with Crippen LogP contribution in [0.15, 0.2) is 87.9 Å². The molecule has 0 saturated carbocycles. The molecule has 8 atom stereocenters. The van der Waals surface area contributed by atoms with E-state index in [-0.39, 0.29) is 40.9 Å². The van der Waals surface area contributed by atoms with Crippen LogP contribution in [0.4, 0.5) is 4.79 Å². The van der Waals surface area contributed by atoms with E-state index in [1.165, 1.54) is 18.4 Å². The summed E-state index contributed by atoms with van der Waals surface area (Å²) in [6.45, 7) is 31.6. The van der Waals surface area contributed by atoms with Crippen molar-refractivity contribution in [3.63, 3.8) is 0 Å². The Morgan fingerprint density at radius 3 is 2.31 bits per heavy atom. The zero-order valence-electron chi connectivity index (χ0n) is 39.1. The Balaban J connectivity index is 2.73. The van der Waals surface area contributed by atoms with E-state index >= 15 is 0 Å². The van der Waals surface area contributed by atoms with Gasteiger partial charge in [0.25, 0.3) is 0 Å². The molecule has 0 bridgehead atoms. The van der Waals surface area contributed by atoms with Gasteiger partial charge in [-0.3, -0.25) is 0 Å². The van der Waals surface area contributed by atoms with Crippen LogP contribution in [0.5, 0.6) is 0 Å². The van der Waals surface area contributed by atoms with Crippen LogP contribution in [-0.2, 0) is 23.4 Å². The molecule has 0 aliphatic carbocycles. The van der Waals surface area contributed by atoms with Crippen molar-refractivity contribution < 1.29 is 33.3 Å². The van der Waals surface area contributed by atoms with Gasteiger partial charge in [0.2, 0.25) is 0 Å². The lowest BCUT2D eigenvalue weighted by molar-refractivity contribution is -0.146. The fourth-order valence-electron chi connectivity index (χ4n) is 6.56. The smallest absolute Gasteiger partial charge is 0.407 e. The number of aliphatic hydroxyl groups excluding tert-OH is 1. The number of hydrogen-bond donors (Lipinski definition) is 2. The summed E-state index contributed by atoms with van der Waals surface area (Å²) in [6, 6.07) is 0. The van der Waals surface area contributed by atoms with Gasteiger partial charge in [0.05, 0.1) is 24.0 Å². The van der Waals surface area contributed by atoms with E-state index in [4.69, 9.17) is 23.6 Å². The van der Waals surface area contributed by atoms with E-state index < -0.39 is 38.7 Å². The average Bonchev–Trinajstić information content (AvgIpc) is 3.63. The largest absolute Gasteiger partial charge is 0.452 e. The molecule has 1 aromatic heterocycles. The summed E-state index contributed by atoms with van der Waals surface area (Å²) in [7, 11) is 1.03. The van der Waals surface area contributed by atoms with Gasteiger partial charge in [-0.1, -0.05) is 127 Å². The number of esters is 1. The standard InChI is InChI=1S/C48H76N2O7SSi/c1-30(2)25-42(55-47(53)49-14)45-50-39(29-58-45)44-35(7)20-18-19-34(6)43(54-15)38(10)40(51)24-22-31(3)26-33(5)27-37(9)41(57-59(16,17)48(11,12)13)28-32(4)21-23-36(8)46(52)56-44/h18-20,22-24,26-30,35,37-38,40-44,51H,21,25H2,1-17H3,(H,49,53)/b20-18+,24-22+,31-26-,32-28+,33-27-,34-19+,36-23+/t35-,37-,38-,40+,41+,42-,43+,44-/m0/s1. The third-order valence-electron chi connectivity index (χ3n) is 11.2. The number of aliphatic hydroxyl groups is 1. The molecule has 330 valence electrons. The maximum atomic E-state index is 13.9. The number of aromatic nitrogens is 1. The summed E-state index contributed by atoms with van der Waals surface area (Å²) in [5.74, 6) is -0.633. The van der Waals surface area contributed by atoms with E-state index in [1.807, 2.05) is 69.5 Å². The first-order chi connectivity index (χ1) is 27.4. The van der Waals surface area contributed by atoms with E-state index in [2.05, 4.69) is 92.0 Å². The molecule has 2 rings (SSSR count). The Hall–Kier alpha value is -3.35. The Morgan fingerprint density at radius 2 is 1.71 bits per heavy atom. The van der Waals surface area contributed by atoms with Crippen LogP contribution >= 0.6 is 11.3 Å². The van der Waals surface area contributed by atoms with Crippen LogP contribution in [0.1, 0.15) is 126 Å². The van der Waals surface area contributed by atoms with Crippen LogP contribution < -0.4 is 5.32 Å². The van der Waals surface area contributed by atoms with Crippen molar-refractivity contribution >= 4 is 31.7 Å². The molecule has 1 aliphatic heterocycles. The fraction of sp³-hybridized carbons (Fsp3) is 0.604. The molecule has 0 fully saturated rings. The summed E-state index contributed by atoms with van der Waals surface area (Å²) in [5.41, 5.74) is 5.25. The predicted octanol–water partition coefficient (Wildman–Crippen LogP) is 12.1. The molecule has 0 unspecified atom stereocenters. The van der Waals surface area contributed by atoms with Gasteiger partial charge in [0.15, 0.2) is 20.5 Å². The van der Waals surface area contributed by atoms with Crippen LogP contribution in [0.25, 0.3) is 0 Å². The topological polar surface area (TPSA) is 116 Å². The summed E-state index contributed by atoms with van der Waals surface area (Å²) in [6.07, 6.45) is 16.3. The van der Waals surface area contributed by atoms with Crippen molar-refractivity contribution in [2.24, 2.45) is 23.7 Å². The van der Waals surface area contributed by atoms with Gasteiger partial charge < -0.3 is 29.1 Å². The lowest BCUT2D eigenvalue weighted by atomic mass is 9.91. The third kappa shape index (κ3) is 16.6. The van der Waals surface area contributed by atoms with Crippen molar-refractivity contribution in [3.8, 4) is 0 Å². The molecule has 9 nitrogen and oxygen atoms in total. The molecule has 1 aliphatic rings. The van der Waals surface area contributed by atoms with Gasteiger partial charge in [-0.15, -0.1) is 11.3 Å². The summed E-state index contributed by atoms with van der Waals surface area (Å²) in [4.78, 5) is 31.1. The number of allylic oxidation sites excluding steroid dienone is 8. The van der Waals surface area contributed by atoms with E-state index in [0.717, 1.165) is 22.3 Å². The number of carbonyl (C=O) groups excluding carboxylic acids is 2. The van der Waals surface area contributed by atoms with Crippen LogP contribution in [0.2, 0.25) is 18.1 Å². The monoisotopic (exact) mass is 853 g/mol. The second kappa shape index (κ2) is 23.6. The van der Waals surface area contributed by atoms with Gasteiger partial charge >= 0.3 is 12.1 Å². The highest BCUT2D eigenvalue weighted by Gasteiger charge is 2.39. The minimum absolute atomic E-state index is 0.0229. The number of alkyl carbamates (subject to hydrolysis) is 1. The molecule has 0 radical (unpaired) electrons. The van der Waals surface area contributed by atoms with Gasteiger partial charge in [0.1, 0.15) is 5.01 Å². The number of thiazole rings is 1. The Bertz CT molecular complexity index is 1760. The number of nitrogens with zero attached hydrogens (tertiary/aromatic N) is 1. The maximum absolute atomic E-state index is 13.9. The average molecular weight is 853 g/mol. The van der Waals surface area contributed by atoms with Gasteiger partial charge in [-0.25, -0.2) is 14.6 Å². The summed E-state index contributed by atoms with van der Waals surface area (Å²) in [5, 5.41) is 16.3. The van der Waals surface area contributed by atoms with Crippen molar-refractivity contribution in [2.75, 3.05) is 14.2 Å². The predicted molar refractivity (Wildman–Crippen MR) is 247 cm³/mol. The molecular formula is C48H76N2O7SSi. The minimum Gasteiger partial charge on any atom is -0.452 e. The van der Waals surface area contributed by atoms with E-state index in [9.17, 15) is 14.7 Å². The lowest BCUT2D eigenvalue weighted by Gasteiger charge is -2.40. The molecule has 59 heavy (non-hydrogen) atoms. The number of rotatable bonds is 8. The molecule has 1 amide bonds. The second-order valence-corrected chi connectivity index (χ2v) is 24.0. The number of hydrogen-bond acceptors (Lipinski definition) is 9. The first-order valence-electron chi connectivity index (χ1n) is 21.1. The number of amides is 1. The van der Waals surface area contributed by atoms with Crippen LogP contribution in [0, 0.1) is 23.7 Å². The molecule has 0 aromatic carbocycles. The highest BCUT2D eigenvalue weighted by atomic mass is 32.1. The number of ether oxygens (including phenoxy) is 3. The highest BCUT2D eigenvalue weighted by molar-refractivity contribution is 7.09. The van der Waals surface area contributed by atoms with E-state index in [1.54, 1.807) is 14.0 Å². The number of methoxy groups -OCH3 is 1. The summed E-state index contributed by atoms with van der Waals surface area (Å²) >= 11 is 1.39. The number of carbonyl (C=O) groups is 2. The molecule has 1 aromatic rings. The highest BCUT2D eigenvalue weighted by Crippen LogP contribution is 2.39. The van der Waals surface area contributed by atoms with Gasteiger partial charge in [0, 0.05) is 42.9 Å².